The maximum atomic E-state index is 5.55. The molecule has 2 heterocycles. The molecule has 1 atom stereocenters. The third-order valence-corrected chi connectivity index (χ3v) is 3.89. The molecular formula is C16H28N4O. The van der Waals surface area contributed by atoms with Crippen molar-refractivity contribution in [3.8, 4) is 0 Å². The summed E-state index contributed by atoms with van der Waals surface area (Å²) >= 11 is 0. The van der Waals surface area contributed by atoms with Gasteiger partial charge in [-0.15, -0.1) is 0 Å². The van der Waals surface area contributed by atoms with E-state index in [1.54, 1.807) is 0 Å². The summed E-state index contributed by atoms with van der Waals surface area (Å²) in [7, 11) is 0. The number of hydrogen-bond donors (Lipinski definition) is 1. The molecule has 1 aliphatic heterocycles. The zero-order chi connectivity index (χ0) is 15.2. The van der Waals surface area contributed by atoms with E-state index in [1.165, 1.54) is 5.56 Å². The molecule has 0 amide bonds. The van der Waals surface area contributed by atoms with Gasteiger partial charge in [-0.25, -0.2) is 9.97 Å². The van der Waals surface area contributed by atoms with Gasteiger partial charge in [-0.3, -0.25) is 0 Å². The van der Waals surface area contributed by atoms with E-state index in [9.17, 15) is 0 Å². The first-order chi connectivity index (χ1) is 10.1. The largest absolute Gasteiger partial charge is 0.377 e. The Morgan fingerprint density at radius 1 is 1.48 bits per heavy atom. The van der Waals surface area contributed by atoms with Crippen molar-refractivity contribution in [2.24, 2.45) is 5.92 Å². The standard InChI is InChI=1S/C16H28N4O/c1-5-15-11-21-7-6-20(15)16-18-10-14(13(4)19-16)9-17-8-12(2)3/h10,12,15,17H,5-9,11H2,1-4H3. The summed E-state index contributed by atoms with van der Waals surface area (Å²) in [5.74, 6) is 1.50. The number of anilines is 1. The van der Waals surface area contributed by atoms with Gasteiger partial charge < -0.3 is 15.0 Å². The molecule has 0 spiro atoms. The first kappa shape index (κ1) is 16.2. The number of nitrogens with one attached hydrogen (secondary N) is 1. The molecule has 1 aliphatic rings. The van der Waals surface area contributed by atoms with Gasteiger partial charge in [0.1, 0.15) is 0 Å². The molecule has 118 valence electrons. The summed E-state index contributed by atoms with van der Waals surface area (Å²) < 4.78 is 5.55. The lowest BCUT2D eigenvalue weighted by molar-refractivity contribution is 0.0921. The minimum atomic E-state index is 0.392. The summed E-state index contributed by atoms with van der Waals surface area (Å²) in [4.78, 5) is 11.6. The molecule has 0 aromatic carbocycles. The quantitative estimate of drug-likeness (QED) is 0.870. The average molecular weight is 292 g/mol. The molecule has 0 radical (unpaired) electrons. The zero-order valence-electron chi connectivity index (χ0n) is 13.7. The van der Waals surface area contributed by atoms with E-state index in [0.717, 1.165) is 50.9 Å². The van der Waals surface area contributed by atoms with Crippen molar-refractivity contribution in [2.45, 2.75) is 46.7 Å². The third-order valence-electron chi connectivity index (χ3n) is 3.89. The second-order valence-electron chi connectivity index (χ2n) is 6.14. The number of rotatable bonds is 6. The molecule has 1 unspecified atom stereocenters. The van der Waals surface area contributed by atoms with Gasteiger partial charge in [0.2, 0.25) is 5.95 Å². The Bertz CT molecular complexity index is 450. The van der Waals surface area contributed by atoms with Crippen molar-refractivity contribution in [3.63, 3.8) is 0 Å². The first-order valence-corrected chi connectivity index (χ1v) is 7.99. The van der Waals surface area contributed by atoms with Crippen molar-refractivity contribution in [1.29, 1.82) is 0 Å². The van der Waals surface area contributed by atoms with E-state index >= 15 is 0 Å². The highest BCUT2D eigenvalue weighted by Gasteiger charge is 2.23. The van der Waals surface area contributed by atoms with Crippen LogP contribution in [0.3, 0.4) is 0 Å². The molecule has 5 nitrogen and oxygen atoms in total. The van der Waals surface area contributed by atoms with Gasteiger partial charge in [-0.05, 0) is 25.8 Å². The van der Waals surface area contributed by atoms with Crippen LogP contribution in [0.1, 0.15) is 38.4 Å². The summed E-state index contributed by atoms with van der Waals surface area (Å²) in [6.45, 7) is 12.9. The highest BCUT2D eigenvalue weighted by molar-refractivity contribution is 5.35. The Morgan fingerprint density at radius 3 is 2.95 bits per heavy atom. The van der Waals surface area contributed by atoms with Crippen LogP contribution < -0.4 is 10.2 Å². The molecule has 1 aromatic heterocycles. The number of morpholine rings is 1. The first-order valence-electron chi connectivity index (χ1n) is 7.99. The lowest BCUT2D eigenvalue weighted by Gasteiger charge is -2.35. The van der Waals surface area contributed by atoms with Crippen molar-refractivity contribution < 1.29 is 4.74 Å². The lowest BCUT2D eigenvalue weighted by atomic mass is 10.2. The van der Waals surface area contributed by atoms with Crippen LogP contribution >= 0.6 is 0 Å². The third kappa shape index (κ3) is 4.38. The molecule has 1 fully saturated rings. The molecule has 1 saturated heterocycles. The van der Waals surface area contributed by atoms with Crippen molar-refractivity contribution in [3.05, 3.63) is 17.5 Å². The maximum absolute atomic E-state index is 5.55. The van der Waals surface area contributed by atoms with Crippen LogP contribution in [0, 0.1) is 12.8 Å². The highest BCUT2D eigenvalue weighted by atomic mass is 16.5. The normalized spacial score (nSPS) is 19.3. The summed E-state index contributed by atoms with van der Waals surface area (Å²) in [5.41, 5.74) is 2.25. The van der Waals surface area contributed by atoms with Crippen LogP contribution in [0.25, 0.3) is 0 Å². The Hall–Kier alpha value is -1.20. The Morgan fingerprint density at radius 2 is 2.29 bits per heavy atom. The van der Waals surface area contributed by atoms with Crippen molar-refractivity contribution in [2.75, 3.05) is 31.2 Å². The van der Waals surface area contributed by atoms with Crippen LogP contribution in [0.2, 0.25) is 0 Å². The van der Waals surface area contributed by atoms with Crippen LogP contribution in [0.4, 0.5) is 5.95 Å². The van der Waals surface area contributed by atoms with Crippen LogP contribution in [0.5, 0.6) is 0 Å². The smallest absolute Gasteiger partial charge is 0.225 e. The van der Waals surface area contributed by atoms with E-state index < -0.39 is 0 Å². The Labute approximate surface area is 128 Å². The number of aryl methyl sites for hydroxylation is 1. The highest BCUT2D eigenvalue weighted by Crippen LogP contribution is 2.18. The van der Waals surface area contributed by atoms with Gasteiger partial charge in [0, 0.05) is 30.5 Å². The van der Waals surface area contributed by atoms with Gasteiger partial charge in [0.25, 0.3) is 0 Å². The van der Waals surface area contributed by atoms with Gasteiger partial charge >= 0.3 is 0 Å². The molecule has 1 aromatic rings. The van der Waals surface area contributed by atoms with E-state index in [4.69, 9.17) is 9.72 Å². The van der Waals surface area contributed by atoms with E-state index in [0.29, 0.717) is 12.0 Å². The molecule has 2 rings (SSSR count). The monoisotopic (exact) mass is 292 g/mol. The molecule has 5 heteroatoms. The van der Waals surface area contributed by atoms with Crippen molar-refractivity contribution >= 4 is 5.95 Å². The van der Waals surface area contributed by atoms with Gasteiger partial charge in [-0.2, -0.15) is 0 Å². The lowest BCUT2D eigenvalue weighted by Crippen LogP contribution is -2.46. The summed E-state index contributed by atoms with van der Waals surface area (Å²) in [6.07, 6.45) is 3.02. The van der Waals surface area contributed by atoms with Gasteiger partial charge in [-0.1, -0.05) is 20.8 Å². The molecule has 0 bridgehead atoms. The van der Waals surface area contributed by atoms with Crippen LogP contribution in [-0.4, -0.2) is 42.3 Å². The van der Waals surface area contributed by atoms with Gasteiger partial charge in [0.05, 0.1) is 19.3 Å². The Kier molecular flexibility index (Phi) is 5.94. The fourth-order valence-electron chi connectivity index (χ4n) is 2.54. The van der Waals surface area contributed by atoms with E-state index in [1.807, 2.05) is 6.20 Å². The SMILES string of the molecule is CCC1COCCN1c1ncc(CNCC(C)C)c(C)n1. The summed E-state index contributed by atoms with van der Waals surface area (Å²) in [6, 6.07) is 0.392. The van der Waals surface area contributed by atoms with E-state index in [2.05, 4.69) is 42.9 Å². The number of nitrogens with zero attached hydrogens (tertiary/aromatic N) is 3. The minimum Gasteiger partial charge on any atom is -0.377 e. The fraction of sp³-hybridized carbons (Fsp3) is 0.750. The van der Waals surface area contributed by atoms with E-state index in [-0.39, 0.29) is 0 Å². The van der Waals surface area contributed by atoms with Crippen molar-refractivity contribution in [1.82, 2.24) is 15.3 Å². The fourth-order valence-corrected chi connectivity index (χ4v) is 2.54. The second kappa shape index (κ2) is 7.71. The number of aromatic nitrogens is 2. The predicted molar refractivity (Wildman–Crippen MR) is 85.6 cm³/mol. The predicted octanol–water partition coefficient (Wildman–Crippen LogP) is 2.15. The minimum absolute atomic E-state index is 0.392. The Balaban J connectivity index is 2.03. The topological polar surface area (TPSA) is 50.3 Å². The molecule has 0 saturated carbocycles. The molecule has 0 aliphatic carbocycles. The summed E-state index contributed by atoms with van der Waals surface area (Å²) in [5, 5.41) is 3.45. The molecule has 21 heavy (non-hydrogen) atoms. The number of ether oxygens (including phenoxy) is 1. The average Bonchev–Trinajstić information content (AvgIpc) is 2.48. The maximum Gasteiger partial charge on any atom is 0.225 e. The number of hydrogen-bond acceptors (Lipinski definition) is 5. The van der Waals surface area contributed by atoms with Gasteiger partial charge in [0.15, 0.2) is 0 Å². The van der Waals surface area contributed by atoms with Crippen LogP contribution in [0.15, 0.2) is 6.20 Å². The second-order valence-corrected chi connectivity index (χ2v) is 6.14. The zero-order valence-corrected chi connectivity index (χ0v) is 13.7. The molecular weight excluding hydrogens is 264 g/mol. The molecule has 1 N–H and O–H groups in total. The van der Waals surface area contributed by atoms with Crippen LogP contribution in [-0.2, 0) is 11.3 Å².